The predicted octanol–water partition coefficient (Wildman–Crippen LogP) is 1.52. The van der Waals surface area contributed by atoms with E-state index in [1.54, 1.807) is 43.1 Å². The molecule has 20 heavy (non-hydrogen) atoms. The van der Waals surface area contributed by atoms with Gasteiger partial charge in [-0.2, -0.15) is 11.8 Å². The fourth-order valence-electron chi connectivity index (χ4n) is 2.09. The third-order valence-electron chi connectivity index (χ3n) is 3.31. The van der Waals surface area contributed by atoms with E-state index in [2.05, 4.69) is 5.32 Å². The average Bonchev–Trinajstić information content (AvgIpc) is 2.90. The summed E-state index contributed by atoms with van der Waals surface area (Å²) in [6.45, 7) is 0.484. The Hall–Kier alpha value is -1.53. The van der Waals surface area contributed by atoms with Crippen molar-refractivity contribution in [3.05, 3.63) is 35.4 Å². The molecule has 1 aliphatic rings. The first-order valence-electron chi connectivity index (χ1n) is 6.29. The van der Waals surface area contributed by atoms with Crippen LogP contribution >= 0.6 is 11.8 Å². The Balaban J connectivity index is 2.09. The number of aliphatic carboxylic acids is 1. The highest BCUT2D eigenvalue weighted by Gasteiger charge is 2.43. The minimum Gasteiger partial charge on any atom is -0.479 e. The highest BCUT2D eigenvalue weighted by atomic mass is 32.2. The van der Waals surface area contributed by atoms with Gasteiger partial charge in [0.15, 0.2) is 0 Å². The van der Waals surface area contributed by atoms with Crippen molar-refractivity contribution in [2.45, 2.75) is 18.6 Å². The van der Waals surface area contributed by atoms with E-state index in [0.29, 0.717) is 24.3 Å². The number of carboxylic acids is 1. The average molecular weight is 295 g/mol. The topological polar surface area (TPSA) is 75.6 Å². The monoisotopic (exact) mass is 295 g/mol. The van der Waals surface area contributed by atoms with Gasteiger partial charge in [-0.1, -0.05) is 12.1 Å². The van der Waals surface area contributed by atoms with E-state index in [4.69, 9.17) is 4.74 Å². The van der Waals surface area contributed by atoms with Crippen molar-refractivity contribution in [1.82, 2.24) is 5.32 Å². The minimum atomic E-state index is -1.13. The molecule has 6 heteroatoms. The maximum atomic E-state index is 12.2. The molecule has 1 aromatic rings. The van der Waals surface area contributed by atoms with Crippen molar-refractivity contribution in [3.8, 4) is 0 Å². The van der Waals surface area contributed by atoms with Gasteiger partial charge in [-0.15, -0.1) is 0 Å². The van der Waals surface area contributed by atoms with Crippen LogP contribution in [0.5, 0.6) is 0 Å². The molecule has 1 fully saturated rings. The second kappa shape index (κ2) is 6.28. The van der Waals surface area contributed by atoms with Gasteiger partial charge in [-0.05, 0) is 29.9 Å². The summed E-state index contributed by atoms with van der Waals surface area (Å²) in [5.41, 5.74) is 0.295. The zero-order chi connectivity index (χ0) is 14.6. The Labute approximate surface area is 121 Å². The molecule has 1 aromatic carbocycles. The molecular formula is C14H17NO4S. The largest absolute Gasteiger partial charge is 0.479 e. The van der Waals surface area contributed by atoms with Gasteiger partial charge < -0.3 is 15.2 Å². The minimum absolute atomic E-state index is 0.348. The molecule has 2 rings (SSSR count). The van der Waals surface area contributed by atoms with Crippen LogP contribution in [0.3, 0.4) is 0 Å². The van der Waals surface area contributed by atoms with Gasteiger partial charge >= 0.3 is 5.97 Å². The number of amides is 1. The Morgan fingerprint density at radius 3 is 2.60 bits per heavy atom. The highest BCUT2D eigenvalue weighted by Crippen LogP contribution is 2.28. The lowest BCUT2D eigenvalue weighted by atomic mass is 9.98. The fourth-order valence-corrected chi connectivity index (χ4v) is 3.42. The molecule has 0 aliphatic carbocycles. The molecule has 0 aromatic heterocycles. The molecule has 0 spiro atoms. The van der Waals surface area contributed by atoms with Crippen LogP contribution in [-0.4, -0.2) is 41.1 Å². The van der Waals surface area contributed by atoms with Gasteiger partial charge in [0.05, 0.1) is 6.61 Å². The van der Waals surface area contributed by atoms with E-state index >= 15 is 0 Å². The van der Waals surface area contributed by atoms with Gasteiger partial charge in [-0.3, -0.25) is 4.79 Å². The van der Waals surface area contributed by atoms with E-state index in [1.807, 2.05) is 0 Å². The fraction of sp³-hybridized carbons (Fsp3) is 0.429. The number of benzene rings is 1. The van der Waals surface area contributed by atoms with Crippen molar-refractivity contribution >= 4 is 23.6 Å². The molecule has 2 N–H and O–H groups in total. The van der Waals surface area contributed by atoms with Crippen LogP contribution in [0.25, 0.3) is 0 Å². The molecule has 1 heterocycles. The van der Waals surface area contributed by atoms with Gasteiger partial charge in [0.1, 0.15) is 5.54 Å². The molecule has 1 aliphatic heterocycles. The van der Waals surface area contributed by atoms with Crippen LogP contribution in [0.15, 0.2) is 24.3 Å². The van der Waals surface area contributed by atoms with Crippen LogP contribution in [-0.2, 0) is 16.1 Å². The van der Waals surface area contributed by atoms with E-state index in [0.717, 1.165) is 11.3 Å². The number of methoxy groups -OCH3 is 1. The second-order valence-corrected chi connectivity index (χ2v) is 5.88. The van der Waals surface area contributed by atoms with Gasteiger partial charge in [-0.25, -0.2) is 4.79 Å². The Morgan fingerprint density at radius 2 is 2.10 bits per heavy atom. The van der Waals surface area contributed by atoms with Crippen molar-refractivity contribution in [2.75, 3.05) is 18.6 Å². The third-order valence-corrected chi connectivity index (χ3v) is 4.50. The number of rotatable bonds is 5. The zero-order valence-electron chi connectivity index (χ0n) is 11.2. The third kappa shape index (κ3) is 3.13. The molecule has 0 radical (unpaired) electrons. The number of ether oxygens (including phenoxy) is 1. The van der Waals surface area contributed by atoms with Crippen molar-refractivity contribution in [2.24, 2.45) is 0 Å². The lowest BCUT2D eigenvalue weighted by Gasteiger charge is -2.24. The predicted molar refractivity (Wildman–Crippen MR) is 76.9 cm³/mol. The van der Waals surface area contributed by atoms with Crippen molar-refractivity contribution < 1.29 is 19.4 Å². The molecule has 0 bridgehead atoms. The van der Waals surface area contributed by atoms with Gasteiger partial charge in [0.25, 0.3) is 5.91 Å². The molecule has 1 atom stereocenters. The molecule has 0 unspecified atom stereocenters. The van der Waals surface area contributed by atoms with E-state index in [9.17, 15) is 14.7 Å². The van der Waals surface area contributed by atoms with Gasteiger partial charge in [0, 0.05) is 18.4 Å². The lowest BCUT2D eigenvalue weighted by molar-refractivity contribution is -0.143. The molecule has 0 saturated carbocycles. The maximum Gasteiger partial charge on any atom is 0.330 e. The van der Waals surface area contributed by atoms with E-state index in [1.165, 1.54) is 0 Å². The number of carboxylic acid groups (broad SMARTS) is 1. The van der Waals surface area contributed by atoms with Crippen LogP contribution in [0, 0.1) is 0 Å². The summed E-state index contributed by atoms with van der Waals surface area (Å²) in [5, 5.41) is 12.0. The molecule has 1 saturated heterocycles. The van der Waals surface area contributed by atoms with Crippen LogP contribution in [0.1, 0.15) is 22.3 Å². The first-order valence-corrected chi connectivity index (χ1v) is 7.44. The standard InChI is InChI=1S/C14H17NO4S/c1-19-8-10-2-4-11(5-3-10)12(16)15-14(13(17)18)6-7-20-9-14/h2-5H,6-9H2,1H3,(H,15,16)(H,17,18)/t14-/m1/s1. The Morgan fingerprint density at radius 1 is 1.40 bits per heavy atom. The number of hydrogen-bond acceptors (Lipinski definition) is 4. The normalized spacial score (nSPS) is 21.6. The summed E-state index contributed by atoms with van der Waals surface area (Å²) in [4.78, 5) is 23.5. The summed E-state index contributed by atoms with van der Waals surface area (Å²) in [5.74, 6) is -0.152. The Bertz CT molecular complexity index is 494. The van der Waals surface area contributed by atoms with Crippen LogP contribution < -0.4 is 5.32 Å². The van der Waals surface area contributed by atoms with Crippen molar-refractivity contribution in [1.29, 1.82) is 0 Å². The highest BCUT2D eigenvalue weighted by molar-refractivity contribution is 7.99. The quantitative estimate of drug-likeness (QED) is 0.861. The second-order valence-electron chi connectivity index (χ2n) is 4.77. The lowest BCUT2D eigenvalue weighted by Crippen LogP contribution is -2.54. The summed E-state index contributed by atoms with van der Waals surface area (Å²) in [6, 6.07) is 6.97. The van der Waals surface area contributed by atoms with Gasteiger partial charge in [0.2, 0.25) is 0 Å². The number of hydrogen-bond donors (Lipinski definition) is 2. The molecule has 108 valence electrons. The summed E-state index contributed by atoms with van der Waals surface area (Å²) in [6.07, 6.45) is 0.459. The van der Waals surface area contributed by atoms with Crippen LogP contribution in [0.2, 0.25) is 0 Å². The smallest absolute Gasteiger partial charge is 0.330 e. The first-order chi connectivity index (χ1) is 9.57. The number of carbonyl (C=O) groups is 2. The van der Waals surface area contributed by atoms with Crippen molar-refractivity contribution in [3.63, 3.8) is 0 Å². The number of nitrogens with one attached hydrogen (secondary N) is 1. The van der Waals surface area contributed by atoms with E-state index in [-0.39, 0.29) is 5.91 Å². The summed E-state index contributed by atoms with van der Waals surface area (Å²) in [7, 11) is 1.61. The number of thioether (sulfide) groups is 1. The molecule has 5 nitrogen and oxygen atoms in total. The van der Waals surface area contributed by atoms with Crippen LogP contribution in [0.4, 0.5) is 0 Å². The maximum absolute atomic E-state index is 12.2. The molecule has 1 amide bonds. The summed E-state index contributed by atoms with van der Waals surface area (Å²) >= 11 is 1.54. The SMILES string of the molecule is COCc1ccc(C(=O)N[C@]2(C(=O)O)CCSC2)cc1. The number of carbonyl (C=O) groups excluding carboxylic acids is 1. The zero-order valence-corrected chi connectivity index (χ0v) is 12.0. The molecular weight excluding hydrogens is 278 g/mol. The Kier molecular flexibility index (Phi) is 4.67. The van der Waals surface area contributed by atoms with E-state index < -0.39 is 11.5 Å². The summed E-state index contributed by atoms with van der Waals surface area (Å²) < 4.78 is 5.00. The first kappa shape index (κ1) is 14.9.